The Morgan fingerprint density at radius 3 is 2.40 bits per heavy atom. The Balaban J connectivity index is 2.54. The Labute approximate surface area is 99.8 Å². The summed E-state index contributed by atoms with van der Waals surface area (Å²) in [5.74, 6) is 1.59. The van der Waals surface area contributed by atoms with Crippen molar-refractivity contribution >= 4 is 15.9 Å². The molecule has 1 unspecified atom stereocenters. The zero-order valence-corrected chi connectivity index (χ0v) is 11.1. The number of nitrogens with zero attached hydrogens (tertiary/aromatic N) is 2. The molecule has 0 aliphatic carbocycles. The van der Waals surface area contributed by atoms with Gasteiger partial charge in [0.1, 0.15) is 5.82 Å². The summed E-state index contributed by atoms with van der Waals surface area (Å²) in [6.07, 6.45) is 5.63. The van der Waals surface area contributed by atoms with Crippen LogP contribution in [0.1, 0.15) is 26.1 Å². The molecule has 1 atom stereocenters. The van der Waals surface area contributed by atoms with Gasteiger partial charge < -0.3 is 5.32 Å². The number of likely N-dealkylation sites (N-methyl/N-ethyl adjacent to an activating group) is 1. The molecule has 0 saturated heterocycles. The van der Waals surface area contributed by atoms with Gasteiger partial charge in [-0.05, 0) is 35.3 Å². The van der Waals surface area contributed by atoms with E-state index in [0.29, 0.717) is 12.0 Å². The zero-order valence-electron chi connectivity index (χ0n) is 9.50. The van der Waals surface area contributed by atoms with Crippen molar-refractivity contribution in [1.82, 2.24) is 15.3 Å². The first-order chi connectivity index (χ1) is 7.11. The van der Waals surface area contributed by atoms with Gasteiger partial charge in [0.2, 0.25) is 0 Å². The summed E-state index contributed by atoms with van der Waals surface area (Å²) in [4.78, 5) is 8.55. The van der Waals surface area contributed by atoms with Crippen LogP contribution in [0.5, 0.6) is 0 Å². The number of rotatable bonds is 5. The van der Waals surface area contributed by atoms with Crippen LogP contribution in [-0.2, 0) is 6.42 Å². The number of hydrogen-bond acceptors (Lipinski definition) is 3. The lowest BCUT2D eigenvalue weighted by molar-refractivity contribution is 0.435. The monoisotopic (exact) mass is 271 g/mol. The molecular formula is C11H18BrN3. The van der Waals surface area contributed by atoms with Crippen LogP contribution in [0.3, 0.4) is 0 Å². The van der Waals surface area contributed by atoms with E-state index in [9.17, 15) is 0 Å². The smallest absolute Gasteiger partial charge is 0.129 e. The highest BCUT2D eigenvalue weighted by molar-refractivity contribution is 9.10. The normalized spacial score (nSPS) is 13.1. The highest BCUT2D eigenvalue weighted by Crippen LogP contribution is 2.10. The number of aromatic nitrogens is 2. The summed E-state index contributed by atoms with van der Waals surface area (Å²) >= 11 is 3.33. The zero-order chi connectivity index (χ0) is 11.3. The van der Waals surface area contributed by atoms with E-state index in [1.807, 2.05) is 7.05 Å². The Kier molecular flexibility index (Phi) is 5.19. The topological polar surface area (TPSA) is 37.8 Å². The van der Waals surface area contributed by atoms with Crippen LogP contribution < -0.4 is 5.32 Å². The lowest BCUT2D eigenvalue weighted by Gasteiger charge is -2.17. The van der Waals surface area contributed by atoms with Gasteiger partial charge in [-0.1, -0.05) is 13.8 Å². The van der Waals surface area contributed by atoms with Gasteiger partial charge in [0.25, 0.3) is 0 Å². The van der Waals surface area contributed by atoms with Crippen LogP contribution in [-0.4, -0.2) is 23.1 Å². The summed E-state index contributed by atoms with van der Waals surface area (Å²) < 4.78 is 0.927. The molecule has 0 bridgehead atoms. The second-order valence-corrected chi connectivity index (χ2v) is 5.05. The maximum Gasteiger partial charge on any atom is 0.129 e. The molecule has 0 aliphatic rings. The minimum absolute atomic E-state index is 0.464. The van der Waals surface area contributed by atoms with Crippen molar-refractivity contribution in [3.63, 3.8) is 0 Å². The second kappa shape index (κ2) is 6.18. The van der Waals surface area contributed by atoms with Crippen LogP contribution in [0.25, 0.3) is 0 Å². The highest BCUT2D eigenvalue weighted by atomic mass is 79.9. The van der Waals surface area contributed by atoms with Gasteiger partial charge >= 0.3 is 0 Å². The summed E-state index contributed by atoms with van der Waals surface area (Å²) in [7, 11) is 1.99. The third-order valence-electron chi connectivity index (χ3n) is 2.27. The first kappa shape index (κ1) is 12.6. The molecule has 15 heavy (non-hydrogen) atoms. The van der Waals surface area contributed by atoms with Crippen molar-refractivity contribution in [2.45, 2.75) is 32.7 Å². The molecule has 0 spiro atoms. The van der Waals surface area contributed by atoms with Crippen LogP contribution in [0, 0.1) is 5.92 Å². The molecule has 1 aromatic rings. The number of nitrogens with one attached hydrogen (secondary N) is 1. The largest absolute Gasteiger partial charge is 0.317 e. The average Bonchev–Trinajstić information content (AvgIpc) is 2.19. The van der Waals surface area contributed by atoms with E-state index in [2.05, 4.69) is 45.1 Å². The lowest BCUT2D eigenvalue weighted by Crippen LogP contribution is -2.29. The van der Waals surface area contributed by atoms with Crippen molar-refractivity contribution in [2.24, 2.45) is 5.92 Å². The van der Waals surface area contributed by atoms with E-state index in [1.54, 1.807) is 12.4 Å². The highest BCUT2D eigenvalue weighted by Gasteiger charge is 2.10. The molecule has 4 heteroatoms. The Morgan fingerprint density at radius 2 is 1.93 bits per heavy atom. The van der Waals surface area contributed by atoms with Crippen molar-refractivity contribution in [2.75, 3.05) is 7.05 Å². The molecule has 0 fully saturated rings. The molecule has 1 N–H and O–H groups in total. The van der Waals surface area contributed by atoms with E-state index in [-0.39, 0.29) is 0 Å². The average molecular weight is 272 g/mol. The fraction of sp³-hybridized carbons (Fsp3) is 0.636. The van der Waals surface area contributed by atoms with Crippen LogP contribution >= 0.6 is 15.9 Å². The molecule has 0 amide bonds. The molecular weight excluding hydrogens is 254 g/mol. The Morgan fingerprint density at radius 1 is 1.33 bits per heavy atom. The quantitative estimate of drug-likeness (QED) is 0.894. The fourth-order valence-corrected chi connectivity index (χ4v) is 1.74. The predicted octanol–water partition coefficient (Wildman–Crippen LogP) is 2.42. The van der Waals surface area contributed by atoms with Crippen LogP contribution in [0.15, 0.2) is 16.9 Å². The molecule has 0 aromatic carbocycles. The molecule has 1 rings (SSSR count). The van der Waals surface area contributed by atoms with E-state index in [1.165, 1.54) is 0 Å². The Hall–Kier alpha value is -0.480. The SMILES string of the molecule is CNC(Cc1ncc(Br)cn1)CC(C)C. The van der Waals surface area contributed by atoms with Crippen molar-refractivity contribution in [1.29, 1.82) is 0 Å². The molecule has 0 radical (unpaired) electrons. The van der Waals surface area contributed by atoms with Crippen LogP contribution in [0.4, 0.5) is 0 Å². The third kappa shape index (κ3) is 4.71. The van der Waals surface area contributed by atoms with Gasteiger partial charge in [-0.15, -0.1) is 0 Å². The number of halogens is 1. The van der Waals surface area contributed by atoms with Gasteiger partial charge in [-0.3, -0.25) is 0 Å². The molecule has 0 aliphatic heterocycles. The van der Waals surface area contributed by atoms with Gasteiger partial charge in [0.05, 0.1) is 4.47 Å². The molecule has 1 heterocycles. The Bertz CT molecular complexity index is 284. The summed E-state index contributed by atoms with van der Waals surface area (Å²) in [5.41, 5.74) is 0. The minimum Gasteiger partial charge on any atom is -0.317 e. The predicted molar refractivity (Wildman–Crippen MR) is 65.7 cm³/mol. The minimum atomic E-state index is 0.464. The van der Waals surface area contributed by atoms with Gasteiger partial charge in [-0.25, -0.2) is 9.97 Å². The summed E-state index contributed by atoms with van der Waals surface area (Å²) in [6.45, 7) is 4.46. The molecule has 0 saturated carbocycles. The van der Waals surface area contributed by atoms with Gasteiger partial charge in [0.15, 0.2) is 0 Å². The third-order valence-corrected chi connectivity index (χ3v) is 2.68. The van der Waals surface area contributed by atoms with Gasteiger partial charge in [-0.2, -0.15) is 0 Å². The first-order valence-corrected chi connectivity index (χ1v) is 6.04. The van der Waals surface area contributed by atoms with E-state index < -0.39 is 0 Å². The number of hydrogen-bond donors (Lipinski definition) is 1. The van der Waals surface area contributed by atoms with Crippen LogP contribution in [0.2, 0.25) is 0 Å². The van der Waals surface area contributed by atoms with Gasteiger partial charge in [0, 0.05) is 24.9 Å². The van der Waals surface area contributed by atoms with E-state index >= 15 is 0 Å². The molecule has 1 aromatic heterocycles. The summed E-state index contributed by atoms with van der Waals surface area (Å²) in [5, 5.41) is 3.30. The lowest BCUT2D eigenvalue weighted by atomic mass is 10.0. The second-order valence-electron chi connectivity index (χ2n) is 4.14. The maximum absolute atomic E-state index is 4.28. The standard InChI is InChI=1S/C11H18BrN3/c1-8(2)4-10(13-3)5-11-14-6-9(12)7-15-11/h6-8,10,13H,4-5H2,1-3H3. The molecule has 3 nitrogen and oxygen atoms in total. The van der Waals surface area contributed by atoms with Crippen molar-refractivity contribution in [3.05, 3.63) is 22.7 Å². The van der Waals surface area contributed by atoms with E-state index in [0.717, 1.165) is 23.1 Å². The fourth-order valence-electron chi connectivity index (χ4n) is 1.54. The van der Waals surface area contributed by atoms with E-state index in [4.69, 9.17) is 0 Å². The first-order valence-electron chi connectivity index (χ1n) is 5.25. The summed E-state index contributed by atoms with van der Waals surface area (Å²) in [6, 6.07) is 0.464. The van der Waals surface area contributed by atoms with Crippen molar-refractivity contribution in [3.8, 4) is 0 Å². The maximum atomic E-state index is 4.28. The van der Waals surface area contributed by atoms with Crippen molar-refractivity contribution < 1.29 is 0 Å². The molecule has 84 valence electrons.